The Balaban J connectivity index is 1.73. The number of ether oxygens (including phenoxy) is 1. The molecule has 6 heteroatoms. The highest BCUT2D eigenvalue weighted by Gasteiger charge is 2.32. The third kappa shape index (κ3) is 4.47. The SMILES string of the molecule is Cc1ccccc1OCCCC(=O)N(C)C1CCS(=O)(=O)C1. The molecule has 1 aromatic carbocycles. The number of sulfone groups is 1. The van der Waals surface area contributed by atoms with Crippen molar-refractivity contribution in [2.75, 3.05) is 25.2 Å². The Morgan fingerprint density at radius 2 is 2.09 bits per heavy atom. The molecule has 1 heterocycles. The van der Waals surface area contributed by atoms with E-state index >= 15 is 0 Å². The highest BCUT2D eigenvalue weighted by Crippen LogP contribution is 2.18. The summed E-state index contributed by atoms with van der Waals surface area (Å²) in [5.41, 5.74) is 1.07. The Morgan fingerprint density at radius 1 is 1.36 bits per heavy atom. The molecule has 1 atom stereocenters. The van der Waals surface area contributed by atoms with Gasteiger partial charge in [-0.2, -0.15) is 0 Å². The second-order valence-corrected chi connectivity index (χ2v) is 8.01. The van der Waals surface area contributed by atoms with Crippen LogP contribution in [0, 0.1) is 6.92 Å². The van der Waals surface area contributed by atoms with Crippen LogP contribution in [0.3, 0.4) is 0 Å². The van der Waals surface area contributed by atoms with E-state index in [1.54, 1.807) is 11.9 Å². The maximum absolute atomic E-state index is 12.1. The smallest absolute Gasteiger partial charge is 0.222 e. The molecule has 122 valence electrons. The van der Waals surface area contributed by atoms with Crippen LogP contribution in [0.4, 0.5) is 0 Å². The van der Waals surface area contributed by atoms with E-state index in [0.717, 1.165) is 11.3 Å². The lowest BCUT2D eigenvalue weighted by atomic mass is 10.2. The fourth-order valence-electron chi connectivity index (χ4n) is 2.58. The van der Waals surface area contributed by atoms with Crippen molar-refractivity contribution >= 4 is 15.7 Å². The zero-order chi connectivity index (χ0) is 16.2. The molecule has 0 spiro atoms. The van der Waals surface area contributed by atoms with Crippen LogP contribution in [0.2, 0.25) is 0 Å². The third-order valence-electron chi connectivity index (χ3n) is 4.04. The molecule has 1 unspecified atom stereocenters. The van der Waals surface area contributed by atoms with Gasteiger partial charge in [-0.3, -0.25) is 4.79 Å². The fourth-order valence-corrected chi connectivity index (χ4v) is 4.36. The third-order valence-corrected chi connectivity index (χ3v) is 5.79. The molecule has 0 aromatic heterocycles. The lowest BCUT2D eigenvalue weighted by molar-refractivity contribution is -0.131. The molecule has 1 aliphatic rings. The van der Waals surface area contributed by atoms with Crippen LogP contribution in [0.5, 0.6) is 5.75 Å². The van der Waals surface area contributed by atoms with Crippen LogP contribution in [0.1, 0.15) is 24.8 Å². The topological polar surface area (TPSA) is 63.7 Å². The second kappa shape index (κ2) is 7.13. The molecule has 1 aliphatic heterocycles. The van der Waals surface area contributed by atoms with Gasteiger partial charge in [-0.25, -0.2) is 8.42 Å². The van der Waals surface area contributed by atoms with E-state index in [1.165, 1.54) is 0 Å². The number of carbonyl (C=O) groups excluding carboxylic acids is 1. The molecular weight excluding hydrogens is 302 g/mol. The van der Waals surface area contributed by atoms with E-state index in [9.17, 15) is 13.2 Å². The van der Waals surface area contributed by atoms with Crippen LogP contribution in [-0.4, -0.2) is 50.4 Å². The van der Waals surface area contributed by atoms with Crippen molar-refractivity contribution < 1.29 is 17.9 Å². The predicted molar refractivity (Wildman–Crippen MR) is 85.7 cm³/mol. The van der Waals surface area contributed by atoms with Crippen molar-refractivity contribution in [3.8, 4) is 5.75 Å². The van der Waals surface area contributed by atoms with Gasteiger partial charge in [0.25, 0.3) is 0 Å². The maximum atomic E-state index is 12.1. The Labute approximate surface area is 132 Å². The van der Waals surface area contributed by atoms with Crippen molar-refractivity contribution in [2.24, 2.45) is 0 Å². The first-order chi connectivity index (χ1) is 10.4. The summed E-state index contributed by atoms with van der Waals surface area (Å²) < 4.78 is 28.6. The van der Waals surface area contributed by atoms with Crippen molar-refractivity contribution in [1.82, 2.24) is 4.90 Å². The van der Waals surface area contributed by atoms with Gasteiger partial charge in [0.15, 0.2) is 9.84 Å². The van der Waals surface area contributed by atoms with Crippen molar-refractivity contribution in [3.63, 3.8) is 0 Å². The molecule has 0 N–H and O–H groups in total. The Morgan fingerprint density at radius 3 is 2.73 bits per heavy atom. The zero-order valence-corrected chi connectivity index (χ0v) is 13.9. The minimum atomic E-state index is -2.96. The summed E-state index contributed by atoms with van der Waals surface area (Å²) in [5, 5.41) is 0. The highest BCUT2D eigenvalue weighted by atomic mass is 32.2. The van der Waals surface area contributed by atoms with Gasteiger partial charge in [0.05, 0.1) is 18.1 Å². The summed E-state index contributed by atoms with van der Waals surface area (Å²) in [7, 11) is -1.27. The summed E-state index contributed by atoms with van der Waals surface area (Å²) in [6.45, 7) is 2.46. The Bertz CT molecular complexity index is 627. The van der Waals surface area contributed by atoms with Gasteiger partial charge in [-0.15, -0.1) is 0 Å². The van der Waals surface area contributed by atoms with Crippen molar-refractivity contribution in [1.29, 1.82) is 0 Å². The number of carbonyl (C=O) groups is 1. The van der Waals surface area contributed by atoms with Crippen molar-refractivity contribution in [3.05, 3.63) is 29.8 Å². The predicted octanol–water partition coefficient (Wildman–Crippen LogP) is 1.80. The van der Waals surface area contributed by atoms with Gasteiger partial charge >= 0.3 is 0 Å². The van der Waals surface area contributed by atoms with E-state index in [0.29, 0.717) is 25.9 Å². The lowest BCUT2D eigenvalue weighted by Gasteiger charge is -2.23. The van der Waals surface area contributed by atoms with E-state index in [-0.39, 0.29) is 23.5 Å². The summed E-state index contributed by atoms with van der Waals surface area (Å²) in [4.78, 5) is 13.7. The summed E-state index contributed by atoms with van der Waals surface area (Å²) >= 11 is 0. The molecule has 0 radical (unpaired) electrons. The van der Waals surface area contributed by atoms with E-state index in [2.05, 4.69) is 0 Å². The minimum Gasteiger partial charge on any atom is -0.493 e. The largest absolute Gasteiger partial charge is 0.493 e. The van der Waals surface area contributed by atoms with Crippen LogP contribution in [-0.2, 0) is 14.6 Å². The second-order valence-electron chi connectivity index (χ2n) is 5.78. The van der Waals surface area contributed by atoms with Crippen LogP contribution < -0.4 is 4.74 Å². The lowest BCUT2D eigenvalue weighted by Crippen LogP contribution is -2.37. The maximum Gasteiger partial charge on any atom is 0.222 e. The van der Waals surface area contributed by atoms with Gasteiger partial charge in [0.2, 0.25) is 5.91 Å². The van der Waals surface area contributed by atoms with Gasteiger partial charge in [-0.1, -0.05) is 18.2 Å². The quantitative estimate of drug-likeness (QED) is 0.748. The van der Waals surface area contributed by atoms with E-state index < -0.39 is 9.84 Å². The molecule has 0 bridgehead atoms. The number of rotatable bonds is 6. The summed E-state index contributed by atoms with van der Waals surface area (Å²) in [5.74, 6) is 1.10. The molecule has 0 saturated carbocycles. The first kappa shape index (κ1) is 16.8. The molecular formula is C16H23NO4S. The number of aryl methyl sites for hydroxylation is 1. The monoisotopic (exact) mass is 325 g/mol. The summed E-state index contributed by atoms with van der Waals surface area (Å²) in [6.07, 6.45) is 1.54. The average Bonchev–Trinajstić information content (AvgIpc) is 2.84. The molecule has 1 fully saturated rings. The number of hydrogen-bond acceptors (Lipinski definition) is 4. The Hall–Kier alpha value is -1.56. The minimum absolute atomic E-state index is 0.0181. The Kier molecular flexibility index (Phi) is 5.45. The standard InChI is InChI=1S/C16H23NO4S/c1-13-6-3-4-7-15(13)21-10-5-8-16(18)17(2)14-9-11-22(19,20)12-14/h3-4,6-7,14H,5,8-12H2,1-2H3. The fraction of sp³-hybridized carbons (Fsp3) is 0.562. The van der Waals surface area contributed by atoms with E-state index in [4.69, 9.17) is 4.74 Å². The number of nitrogens with zero attached hydrogens (tertiary/aromatic N) is 1. The van der Waals surface area contributed by atoms with Gasteiger partial charge in [0.1, 0.15) is 5.75 Å². The van der Waals surface area contributed by atoms with Gasteiger partial charge in [-0.05, 0) is 31.4 Å². The van der Waals surface area contributed by atoms with Gasteiger partial charge in [0, 0.05) is 19.5 Å². The normalized spacial score (nSPS) is 19.8. The first-order valence-electron chi connectivity index (χ1n) is 7.53. The number of benzene rings is 1. The highest BCUT2D eigenvalue weighted by molar-refractivity contribution is 7.91. The number of para-hydroxylation sites is 1. The van der Waals surface area contributed by atoms with Crippen LogP contribution in [0.25, 0.3) is 0 Å². The zero-order valence-electron chi connectivity index (χ0n) is 13.1. The molecule has 2 rings (SSSR count). The van der Waals surface area contributed by atoms with Crippen LogP contribution >= 0.6 is 0 Å². The van der Waals surface area contributed by atoms with Crippen LogP contribution in [0.15, 0.2) is 24.3 Å². The summed E-state index contributed by atoms with van der Waals surface area (Å²) in [6, 6.07) is 7.59. The average molecular weight is 325 g/mol. The molecule has 5 nitrogen and oxygen atoms in total. The number of amides is 1. The van der Waals surface area contributed by atoms with Crippen molar-refractivity contribution in [2.45, 2.75) is 32.2 Å². The molecule has 1 aromatic rings. The molecule has 0 aliphatic carbocycles. The van der Waals surface area contributed by atoms with Gasteiger partial charge < -0.3 is 9.64 Å². The molecule has 22 heavy (non-hydrogen) atoms. The van der Waals surface area contributed by atoms with E-state index in [1.807, 2.05) is 31.2 Å². The first-order valence-corrected chi connectivity index (χ1v) is 9.36. The molecule has 1 amide bonds. The molecule has 1 saturated heterocycles. The number of hydrogen-bond donors (Lipinski definition) is 0.